The van der Waals surface area contributed by atoms with E-state index < -0.39 is 11.9 Å². The van der Waals surface area contributed by atoms with Crippen LogP contribution in [0.3, 0.4) is 0 Å². The highest BCUT2D eigenvalue weighted by Crippen LogP contribution is 2.28. The van der Waals surface area contributed by atoms with Crippen LogP contribution in [0.5, 0.6) is 0 Å². The molecule has 0 aliphatic carbocycles. The Hall–Kier alpha value is -3.33. The molecule has 9 nitrogen and oxygen atoms in total. The first-order chi connectivity index (χ1) is 14.6. The van der Waals surface area contributed by atoms with Crippen LogP contribution in [-0.4, -0.2) is 45.2 Å². The van der Waals surface area contributed by atoms with Crippen LogP contribution in [0.2, 0.25) is 0 Å². The number of carbonyl (C=O) groups excluding carboxylic acids is 3. The van der Waals surface area contributed by atoms with E-state index in [1.165, 1.54) is 0 Å². The maximum atomic E-state index is 12.8. The number of nitrogens with zero attached hydrogens (tertiary/aromatic N) is 3. The quantitative estimate of drug-likeness (QED) is 0.633. The van der Waals surface area contributed by atoms with E-state index in [9.17, 15) is 14.4 Å². The van der Waals surface area contributed by atoms with E-state index in [1.54, 1.807) is 11.0 Å². The summed E-state index contributed by atoms with van der Waals surface area (Å²) in [6, 6.07) is 5.09. The molecule has 1 fully saturated rings. The standard InChI is InChI=1S/C21H22N6O3/c28-18-4-3-17(19(29)26-18)27-11-13-7-12(1-2-15(13)20(27)30)8-23-21-24-10-14-9-22-6-5-16(14)25-21/h1-2,7,10,17,22H,3-6,8-9,11H2,(H,23,24,25)(H,26,28,29). The molecule has 0 bridgehead atoms. The van der Waals surface area contributed by atoms with E-state index in [4.69, 9.17) is 0 Å². The number of carbonyl (C=O) groups is 3. The second-order valence-electron chi connectivity index (χ2n) is 7.84. The van der Waals surface area contributed by atoms with Crippen molar-refractivity contribution in [3.8, 4) is 0 Å². The van der Waals surface area contributed by atoms with Gasteiger partial charge < -0.3 is 15.5 Å². The van der Waals surface area contributed by atoms with Gasteiger partial charge in [-0.15, -0.1) is 0 Å². The predicted molar refractivity (Wildman–Crippen MR) is 107 cm³/mol. The predicted octanol–water partition coefficient (Wildman–Crippen LogP) is 0.495. The van der Waals surface area contributed by atoms with Crippen LogP contribution in [0.1, 0.15) is 45.6 Å². The lowest BCUT2D eigenvalue weighted by Crippen LogP contribution is -2.52. The van der Waals surface area contributed by atoms with Gasteiger partial charge in [0.2, 0.25) is 17.8 Å². The maximum Gasteiger partial charge on any atom is 0.255 e. The first-order valence-electron chi connectivity index (χ1n) is 10.1. The zero-order valence-electron chi connectivity index (χ0n) is 16.4. The Bertz CT molecular complexity index is 1050. The molecule has 4 heterocycles. The summed E-state index contributed by atoms with van der Waals surface area (Å²) in [6.07, 6.45) is 3.37. The van der Waals surface area contributed by atoms with Gasteiger partial charge in [0, 0.05) is 56.3 Å². The zero-order valence-corrected chi connectivity index (χ0v) is 16.4. The Morgan fingerprint density at radius 3 is 2.93 bits per heavy atom. The fourth-order valence-corrected chi connectivity index (χ4v) is 4.24. The molecule has 30 heavy (non-hydrogen) atoms. The molecular weight excluding hydrogens is 384 g/mol. The van der Waals surface area contributed by atoms with Gasteiger partial charge in [-0.25, -0.2) is 9.97 Å². The first-order valence-corrected chi connectivity index (χ1v) is 10.1. The Labute approximate surface area is 173 Å². The van der Waals surface area contributed by atoms with Gasteiger partial charge in [0.25, 0.3) is 5.91 Å². The molecule has 5 rings (SSSR count). The fraction of sp³-hybridized carbons (Fsp3) is 0.381. The summed E-state index contributed by atoms with van der Waals surface area (Å²) in [5, 5.41) is 8.89. The highest BCUT2D eigenvalue weighted by molar-refractivity contribution is 6.05. The largest absolute Gasteiger partial charge is 0.350 e. The highest BCUT2D eigenvalue weighted by atomic mass is 16.2. The molecule has 0 spiro atoms. The highest BCUT2D eigenvalue weighted by Gasteiger charge is 2.39. The van der Waals surface area contributed by atoms with Gasteiger partial charge in [-0.2, -0.15) is 0 Å². The van der Waals surface area contributed by atoms with Gasteiger partial charge in [0.1, 0.15) is 6.04 Å². The molecule has 3 aliphatic rings. The van der Waals surface area contributed by atoms with E-state index in [0.717, 1.165) is 41.9 Å². The maximum absolute atomic E-state index is 12.8. The van der Waals surface area contributed by atoms with Gasteiger partial charge >= 0.3 is 0 Å². The van der Waals surface area contributed by atoms with Gasteiger partial charge in [0.05, 0.1) is 5.69 Å². The van der Waals surface area contributed by atoms with Crippen LogP contribution in [0.4, 0.5) is 5.95 Å². The number of anilines is 1. The molecule has 1 saturated heterocycles. The van der Waals surface area contributed by atoms with Gasteiger partial charge in [0.15, 0.2) is 0 Å². The van der Waals surface area contributed by atoms with Gasteiger partial charge in [-0.1, -0.05) is 12.1 Å². The molecule has 9 heteroatoms. The van der Waals surface area contributed by atoms with E-state index >= 15 is 0 Å². The minimum Gasteiger partial charge on any atom is -0.350 e. The molecule has 2 aromatic rings. The number of fused-ring (bicyclic) bond motifs is 2. The lowest BCUT2D eigenvalue weighted by Gasteiger charge is -2.29. The average molecular weight is 406 g/mol. The van der Waals surface area contributed by atoms with E-state index in [2.05, 4.69) is 25.9 Å². The second-order valence-corrected chi connectivity index (χ2v) is 7.84. The van der Waals surface area contributed by atoms with E-state index in [0.29, 0.717) is 31.0 Å². The second kappa shape index (κ2) is 7.49. The average Bonchev–Trinajstić information content (AvgIpc) is 3.08. The number of aromatic nitrogens is 2. The van der Waals surface area contributed by atoms with Crippen LogP contribution >= 0.6 is 0 Å². The van der Waals surface area contributed by atoms with Crippen molar-refractivity contribution in [2.75, 3.05) is 11.9 Å². The Kier molecular flexibility index (Phi) is 4.66. The van der Waals surface area contributed by atoms with Crippen LogP contribution in [-0.2, 0) is 35.6 Å². The summed E-state index contributed by atoms with van der Waals surface area (Å²) < 4.78 is 0. The zero-order chi connectivity index (χ0) is 20.7. The van der Waals surface area contributed by atoms with Crippen LogP contribution < -0.4 is 16.0 Å². The molecule has 3 amide bonds. The van der Waals surface area contributed by atoms with Crippen molar-refractivity contribution in [3.63, 3.8) is 0 Å². The molecule has 1 aromatic carbocycles. The van der Waals surface area contributed by atoms with Gasteiger partial charge in [-0.05, 0) is 23.6 Å². The van der Waals surface area contributed by atoms with Crippen molar-refractivity contribution in [2.45, 2.75) is 44.9 Å². The molecule has 3 N–H and O–H groups in total. The number of nitrogens with one attached hydrogen (secondary N) is 3. The number of hydrogen-bond acceptors (Lipinski definition) is 7. The lowest BCUT2D eigenvalue weighted by atomic mass is 10.0. The number of rotatable bonds is 4. The minimum absolute atomic E-state index is 0.161. The number of hydrogen-bond donors (Lipinski definition) is 3. The van der Waals surface area contributed by atoms with Gasteiger partial charge in [-0.3, -0.25) is 19.7 Å². The summed E-state index contributed by atoms with van der Waals surface area (Å²) in [7, 11) is 0. The van der Waals surface area contributed by atoms with E-state index in [1.807, 2.05) is 18.3 Å². The summed E-state index contributed by atoms with van der Waals surface area (Å²) in [5.41, 5.74) is 4.72. The van der Waals surface area contributed by atoms with Crippen LogP contribution in [0.15, 0.2) is 24.4 Å². The van der Waals surface area contributed by atoms with E-state index in [-0.39, 0.29) is 18.2 Å². The number of imide groups is 1. The SMILES string of the molecule is O=C1CCC(N2Cc3cc(CNc4ncc5c(n4)CCNC5)ccc3C2=O)C(=O)N1. The molecule has 3 aliphatic heterocycles. The topological polar surface area (TPSA) is 116 Å². The molecule has 1 aromatic heterocycles. The summed E-state index contributed by atoms with van der Waals surface area (Å²) in [4.78, 5) is 46.9. The Morgan fingerprint density at radius 2 is 2.07 bits per heavy atom. The van der Waals surface area contributed by atoms with Crippen molar-refractivity contribution in [3.05, 3.63) is 52.3 Å². The fourth-order valence-electron chi connectivity index (χ4n) is 4.24. The third-order valence-corrected chi connectivity index (χ3v) is 5.85. The van der Waals surface area contributed by atoms with Crippen molar-refractivity contribution in [1.82, 2.24) is 25.5 Å². The van der Waals surface area contributed by atoms with Crippen molar-refractivity contribution in [1.29, 1.82) is 0 Å². The Morgan fingerprint density at radius 1 is 1.17 bits per heavy atom. The number of amides is 3. The molecular formula is C21H22N6O3. The molecule has 0 radical (unpaired) electrons. The first kappa shape index (κ1) is 18.7. The minimum atomic E-state index is -0.595. The molecule has 1 atom stereocenters. The normalized spacial score (nSPS) is 20.6. The van der Waals surface area contributed by atoms with Crippen LogP contribution in [0, 0.1) is 0 Å². The van der Waals surface area contributed by atoms with Crippen molar-refractivity contribution in [2.24, 2.45) is 0 Å². The third kappa shape index (κ3) is 3.41. The molecule has 1 unspecified atom stereocenters. The number of benzene rings is 1. The molecule has 0 saturated carbocycles. The van der Waals surface area contributed by atoms with Crippen molar-refractivity contribution < 1.29 is 14.4 Å². The Balaban J connectivity index is 1.27. The lowest BCUT2D eigenvalue weighted by molar-refractivity contribution is -0.136. The molecule has 154 valence electrons. The summed E-state index contributed by atoms with van der Waals surface area (Å²) in [5.74, 6) is -0.244. The third-order valence-electron chi connectivity index (χ3n) is 5.85. The smallest absolute Gasteiger partial charge is 0.255 e. The monoisotopic (exact) mass is 406 g/mol. The number of piperidine rings is 1. The summed E-state index contributed by atoms with van der Waals surface area (Å²) in [6.45, 7) is 2.64. The van der Waals surface area contributed by atoms with Crippen LogP contribution in [0.25, 0.3) is 0 Å². The summed E-state index contributed by atoms with van der Waals surface area (Å²) >= 11 is 0. The van der Waals surface area contributed by atoms with Crippen molar-refractivity contribution >= 4 is 23.7 Å².